The van der Waals surface area contributed by atoms with Crippen LogP contribution in [0.1, 0.15) is 26.3 Å². The Hall–Kier alpha value is -1.06. The Kier molecular flexibility index (Phi) is 4.61. The van der Waals surface area contributed by atoms with Crippen molar-refractivity contribution in [2.75, 3.05) is 19.6 Å². The third-order valence-electron chi connectivity index (χ3n) is 3.18. The molecule has 1 saturated heterocycles. The Morgan fingerprint density at radius 3 is 2.89 bits per heavy atom. The molecule has 1 aromatic rings. The van der Waals surface area contributed by atoms with Gasteiger partial charge >= 0.3 is 0 Å². The molecule has 1 aliphatic heterocycles. The van der Waals surface area contributed by atoms with E-state index in [0.717, 1.165) is 31.9 Å². The first-order valence-electron chi connectivity index (χ1n) is 6.85. The van der Waals surface area contributed by atoms with Gasteiger partial charge in [0, 0.05) is 37.8 Å². The molecule has 1 unspecified atom stereocenters. The summed E-state index contributed by atoms with van der Waals surface area (Å²) in [5.74, 6) is 1.03. The molecule has 1 atom stereocenters. The van der Waals surface area contributed by atoms with Gasteiger partial charge in [-0.2, -0.15) is 0 Å². The first kappa shape index (κ1) is 13.4. The number of hydrogen-bond donors (Lipinski definition) is 1. The number of hydrogen-bond acceptors (Lipinski definition) is 3. The first-order chi connectivity index (χ1) is 8.65. The second-order valence-electron chi connectivity index (χ2n) is 5.36. The lowest BCUT2D eigenvalue weighted by atomic mass is 10.1. The quantitative estimate of drug-likeness (QED) is 0.884. The minimum atomic E-state index is 0.230. The van der Waals surface area contributed by atoms with E-state index in [1.807, 2.05) is 6.07 Å². The molecule has 100 valence electrons. The highest BCUT2D eigenvalue weighted by molar-refractivity contribution is 5.33. The van der Waals surface area contributed by atoms with E-state index in [1.54, 1.807) is 0 Å². The van der Waals surface area contributed by atoms with Crippen molar-refractivity contribution in [3.8, 4) is 5.75 Å². The lowest BCUT2D eigenvalue weighted by Crippen LogP contribution is -2.48. The van der Waals surface area contributed by atoms with Crippen molar-refractivity contribution in [2.24, 2.45) is 0 Å². The first-order valence-corrected chi connectivity index (χ1v) is 6.85. The molecule has 2 rings (SSSR count). The lowest BCUT2D eigenvalue weighted by Gasteiger charge is -2.32. The van der Waals surface area contributed by atoms with Gasteiger partial charge in [0.25, 0.3) is 0 Å². The summed E-state index contributed by atoms with van der Waals surface area (Å²) >= 11 is 0. The fraction of sp³-hybridized carbons (Fsp3) is 0.600. The van der Waals surface area contributed by atoms with Crippen LogP contribution >= 0.6 is 0 Å². The van der Waals surface area contributed by atoms with Crippen molar-refractivity contribution < 1.29 is 4.74 Å². The highest BCUT2D eigenvalue weighted by Gasteiger charge is 2.17. The van der Waals surface area contributed by atoms with Gasteiger partial charge in [0.15, 0.2) is 0 Å². The van der Waals surface area contributed by atoms with E-state index in [2.05, 4.69) is 49.2 Å². The monoisotopic (exact) mass is 248 g/mol. The molecule has 1 aliphatic rings. The number of benzene rings is 1. The Balaban J connectivity index is 2.03. The molecule has 0 radical (unpaired) electrons. The van der Waals surface area contributed by atoms with Gasteiger partial charge in [-0.1, -0.05) is 18.2 Å². The van der Waals surface area contributed by atoms with Crippen molar-refractivity contribution in [1.29, 1.82) is 0 Å². The predicted octanol–water partition coefficient (Wildman–Crippen LogP) is 2.27. The second-order valence-corrected chi connectivity index (χ2v) is 5.36. The molecule has 0 aromatic heterocycles. The fourth-order valence-electron chi connectivity index (χ4n) is 2.40. The molecule has 18 heavy (non-hydrogen) atoms. The summed E-state index contributed by atoms with van der Waals surface area (Å²) < 4.78 is 5.87. The van der Waals surface area contributed by atoms with Crippen LogP contribution in [0, 0.1) is 0 Å². The van der Waals surface area contributed by atoms with E-state index < -0.39 is 0 Å². The van der Waals surface area contributed by atoms with Crippen LogP contribution in [0.3, 0.4) is 0 Å². The van der Waals surface area contributed by atoms with Crippen molar-refractivity contribution in [3.05, 3.63) is 29.8 Å². The Labute approximate surface area is 110 Å². The van der Waals surface area contributed by atoms with Gasteiger partial charge in [-0.3, -0.25) is 4.90 Å². The van der Waals surface area contributed by atoms with Crippen LogP contribution in [-0.2, 0) is 6.54 Å². The summed E-state index contributed by atoms with van der Waals surface area (Å²) in [6.07, 6.45) is 0.230. The summed E-state index contributed by atoms with van der Waals surface area (Å²) in [5, 5.41) is 3.47. The molecule has 3 heteroatoms. The van der Waals surface area contributed by atoms with Crippen LogP contribution in [-0.4, -0.2) is 36.7 Å². The van der Waals surface area contributed by atoms with E-state index in [9.17, 15) is 0 Å². The number of piperazine rings is 1. The molecular formula is C15H24N2O. The zero-order valence-electron chi connectivity index (χ0n) is 11.6. The summed E-state index contributed by atoms with van der Waals surface area (Å²) in [6.45, 7) is 10.7. The molecule has 0 aliphatic carbocycles. The minimum Gasteiger partial charge on any atom is -0.491 e. The topological polar surface area (TPSA) is 24.5 Å². The average Bonchev–Trinajstić information content (AvgIpc) is 2.31. The Bertz CT molecular complexity index is 379. The van der Waals surface area contributed by atoms with Crippen LogP contribution in [0.4, 0.5) is 0 Å². The van der Waals surface area contributed by atoms with Crippen molar-refractivity contribution in [2.45, 2.75) is 39.5 Å². The number of para-hydroxylation sites is 1. The molecule has 0 bridgehead atoms. The van der Waals surface area contributed by atoms with Crippen LogP contribution in [0.5, 0.6) is 5.75 Å². The maximum Gasteiger partial charge on any atom is 0.124 e. The number of nitrogens with one attached hydrogen (secondary N) is 1. The molecule has 0 spiro atoms. The summed E-state index contributed by atoms with van der Waals surface area (Å²) in [4.78, 5) is 2.49. The van der Waals surface area contributed by atoms with E-state index in [4.69, 9.17) is 4.74 Å². The SMILES string of the molecule is CC1CN(Cc2ccccc2OC(C)C)CCN1. The maximum absolute atomic E-state index is 5.87. The van der Waals surface area contributed by atoms with Gasteiger partial charge in [-0.15, -0.1) is 0 Å². The van der Waals surface area contributed by atoms with Gasteiger partial charge in [0.05, 0.1) is 6.10 Å². The smallest absolute Gasteiger partial charge is 0.124 e. The minimum absolute atomic E-state index is 0.230. The molecule has 1 N–H and O–H groups in total. The van der Waals surface area contributed by atoms with Crippen LogP contribution < -0.4 is 10.1 Å². The summed E-state index contributed by atoms with van der Waals surface area (Å²) in [5.41, 5.74) is 1.29. The highest BCUT2D eigenvalue weighted by atomic mass is 16.5. The number of nitrogens with zero attached hydrogens (tertiary/aromatic N) is 1. The number of ether oxygens (including phenoxy) is 1. The summed E-state index contributed by atoms with van der Waals surface area (Å²) in [7, 11) is 0. The largest absolute Gasteiger partial charge is 0.491 e. The maximum atomic E-state index is 5.87. The molecule has 1 heterocycles. The average molecular weight is 248 g/mol. The Morgan fingerprint density at radius 1 is 1.39 bits per heavy atom. The standard InChI is InChI=1S/C15H24N2O/c1-12(2)18-15-7-5-4-6-14(15)11-17-9-8-16-13(3)10-17/h4-7,12-13,16H,8-11H2,1-3H3. The van der Waals surface area contributed by atoms with Crippen LogP contribution in [0.25, 0.3) is 0 Å². The van der Waals surface area contributed by atoms with Gasteiger partial charge in [0.2, 0.25) is 0 Å². The van der Waals surface area contributed by atoms with E-state index >= 15 is 0 Å². The Morgan fingerprint density at radius 2 is 2.17 bits per heavy atom. The van der Waals surface area contributed by atoms with Crippen LogP contribution in [0.2, 0.25) is 0 Å². The van der Waals surface area contributed by atoms with Crippen molar-refractivity contribution >= 4 is 0 Å². The zero-order valence-corrected chi connectivity index (χ0v) is 11.6. The predicted molar refractivity (Wildman–Crippen MR) is 74.9 cm³/mol. The van der Waals surface area contributed by atoms with Crippen molar-refractivity contribution in [3.63, 3.8) is 0 Å². The van der Waals surface area contributed by atoms with Gasteiger partial charge < -0.3 is 10.1 Å². The lowest BCUT2D eigenvalue weighted by molar-refractivity contribution is 0.191. The number of rotatable bonds is 4. The normalized spacial score (nSPS) is 21.2. The second kappa shape index (κ2) is 6.21. The molecular weight excluding hydrogens is 224 g/mol. The van der Waals surface area contributed by atoms with E-state index in [0.29, 0.717) is 6.04 Å². The third kappa shape index (κ3) is 3.72. The molecule has 0 amide bonds. The van der Waals surface area contributed by atoms with Gasteiger partial charge in [-0.25, -0.2) is 0 Å². The van der Waals surface area contributed by atoms with Gasteiger partial charge in [-0.05, 0) is 26.8 Å². The summed E-state index contributed by atoms with van der Waals surface area (Å²) in [6, 6.07) is 8.96. The fourth-order valence-corrected chi connectivity index (χ4v) is 2.40. The molecule has 1 fully saturated rings. The van der Waals surface area contributed by atoms with E-state index in [-0.39, 0.29) is 6.10 Å². The van der Waals surface area contributed by atoms with E-state index in [1.165, 1.54) is 5.56 Å². The molecule has 1 aromatic carbocycles. The van der Waals surface area contributed by atoms with Crippen molar-refractivity contribution in [1.82, 2.24) is 10.2 Å². The van der Waals surface area contributed by atoms with Crippen LogP contribution in [0.15, 0.2) is 24.3 Å². The third-order valence-corrected chi connectivity index (χ3v) is 3.18. The highest BCUT2D eigenvalue weighted by Crippen LogP contribution is 2.21. The molecule has 3 nitrogen and oxygen atoms in total. The van der Waals surface area contributed by atoms with Gasteiger partial charge in [0.1, 0.15) is 5.75 Å². The molecule has 0 saturated carbocycles. The zero-order chi connectivity index (χ0) is 13.0.